The zero-order valence-corrected chi connectivity index (χ0v) is 18.4. The van der Waals surface area contributed by atoms with Crippen LogP contribution in [0.2, 0.25) is 0 Å². The number of imide groups is 1. The number of nitrogens with zero attached hydrogens (tertiary/aromatic N) is 3. The Hall–Kier alpha value is -4.26. The van der Waals surface area contributed by atoms with Crippen molar-refractivity contribution in [2.45, 2.75) is 20.4 Å². The maximum atomic E-state index is 13.6. The third kappa shape index (κ3) is 4.25. The average Bonchev–Trinajstić information content (AvgIpc) is 3.06. The van der Waals surface area contributed by atoms with Gasteiger partial charge in [0, 0.05) is 24.4 Å². The standard InChI is InChI=1S/C26H23N3O4/c1-3-27(21-7-5-4-6-8-21)24-23(20-13-15-22(16-14-20)29(32)33)25(30)28(26(24)31)17-19-11-9-18(2)10-12-19/h4-16H,3,17H2,1-2H3. The molecule has 1 heterocycles. The number of nitro benzene ring substituents is 1. The van der Waals surface area contributed by atoms with Crippen molar-refractivity contribution in [3.63, 3.8) is 0 Å². The highest BCUT2D eigenvalue weighted by Gasteiger charge is 2.41. The molecule has 4 rings (SSSR count). The lowest BCUT2D eigenvalue weighted by Gasteiger charge is -2.25. The number of carbonyl (C=O) groups is 2. The molecule has 166 valence electrons. The van der Waals surface area contributed by atoms with E-state index >= 15 is 0 Å². The largest absolute Gasteiger partial charge is 0.337 e. The van der Waals surface area contributed by atoms with Crippen LogP contribution in [0.3, 0.4) is 0 Å². The third-order valence-corrected chi connectivity index (χ3v) is 5.63. The van der Waals surface area contributed by atoms with E-state index in [-0.39, 0.29) is 29.4 Å². The van der Waals surface area contributed by atoms with Crippen LogP contribution in [-0.4, -0.2) is 28.2 Å². The lowest BCUT2D eigenvalue weighted by atomic mass is 10.0. The fourth-order valence-electron chi connectivity index (χ4n) is 3.92. The second-order valence-corrected chi connectivity index (χ2v) is 7.79. The molecule has 33 heavy (non-hydrogen) atoms. The first kappa shape index (κ1) is 22.0. The minimum absolute atomic E-state index is 0.0791. The Balaban J connectivity index is 1.81. The number of likely N-dealkylation sites (N-methyl/N-ethyl adjacent to an activating group) is 1. The minimum atomic E-state index is -0.493. The molecule has 0 spiro atoms. The summed E-state index contributed by atoms with van der Waals surface area (Å²) >= 11 is 0. The Morgan fingerprint density at radius 1 is 0.879 bits per heavy atom. The van der Waals surface area contributed by atoms with Crippen molar-refractivity contribution < 1.29 is 14.5 Å². The van der Waals surface area contributed by atoms with Gasteiger partial charge in [-0.15, -0.1) is 0 Å². The van der Waals surface area contributed by atoms with E-state index in [4.69, 9.17) is 0 Å². The molecule has 7 nitrogen and oxygen atoms in total. The molecule has 3 aromatic rings. The van der Waals surface area contributed by atoms with E-state index in [1.807, 2.05) is 73.3 Å². The molecular formula is C26H23N3O4. The van der Waals surface area contributed by atoms with E-state index in [0.29, 0.717) is 12.1 Å². The van der Waals surface area contributed by atoms with Gasteiger partial charge >= 0.3 is 0 Å². The number of carbonyl (C=O) groups excluding carboxylic acids is 2. The SMILES string of the molecule is CCN(C1=C(c2ccc([N+](=O)[O-])cc2)C(=O)N(Cc2ccc(C)cc2)C1=O)c1ccccc1. The predicted molar refractivity (Wildman–Crippen MR) is 126 cm³/mol. The number of nitro groups is 1. The molecule has 1 aliphatic heterocycles. The van der Waals surface area contributed by atoms with Gasteiger partial charge in [-0.1, -0.05) is 48.0 Å². The number of para-hydroxylation sites is 1. The number of hydrogen-bond acceptors (Lipinski definition) is 5. The van der Waals surface area contributed by atoms with Gasteiger partial charge in [-0.2, -0.15) is 0 Å². The van der Waals surface area contributed by atoms with E-state index in [0.717, 1.165) is 16.8 Å². The Morgan fingerprint density at radius 2 is 1.52 bits per heavy atom. The van der Waals surface area contributed by atoms with Crippen LogP contribution in [0.1, 0.15) is 23.6 Å². The van der Waals surface area contributed by atoms with Crippen molar-refractivity contribution in [3.8, 4) is 0 Å². The average molecular weight is 441 g/mol. The van der Waals surface area contributed by atoms with Crippen molar-refractivity contribution in [1.82, 2.24) is 4.90 Å². The number of anilines is 1. The Labute approximate surface area is 191 Å². The highest BCUT2D eigenvalue weighted by molar-refractivity contribution is 6.36. The van der Waals surface area contributed by atoms with Crippen molar-refractivity contribution in [2.75, 3.05) is 11.4 Å². The molecule has 0 aliphatic carbocycles. The van der Waals surface area contributed by atoms with Crippen LogP contribution in [-0.2, 0) is 16.1 Å². The van der Waals surface area contributed by atoms with Crippen LogP contribution in [0.15, 0.2) is 84.6 Å². The van der Waals surface area contributed by atoms with E-state index in [1.54, 1.807) is 0 Å². The Bertz CT molecular complexity index is 1230. The molecule has 0 bridgehead atoms. The molecule has 0 saturated carbocycles. The summed E-state index contributed by atoms with van der Waals surface area (Å²) < 4.78 is 0. The topological polar surface area (TPSA) is 83.8 Å². The summed E-state index contributed by atoms with van der Waals surface area (Å²) in [6.07, 6.45) is 0. The summed E-state index contributed by atoms with van der Waals surface area (Å²) in [5.74, 6) is -0.807. The maximum absolute atomic E-state index is 13.6. The quantitative estimate of drug-likeness (QED) is 0.301. The van der Waals surface area contributed by atoms with Gasteiger partial charge in [-0.3, -0.25) is 24.6 Å². The van der Waals surface area contributed by atoms with Gasteiger partial charge in [0.25, 0.3) is 17.5 Å². The number of aryl methyl sites for hydroxylation is 1. The van der Waals surface area contributed by atoms with Gasteiger partial charge in [0.2, 0.25) is 0 Å². The first-order valence-corrected chi connectivity index (χ1v) is 10.6. The Morgan fingerprint density at radius 3 is 2.09 bits per heavy atom. The van der Waals surface area contributed by atoms with Crippen LogP contribution in [0.4, 0.5) is 11.4 Å². The number of benzene rings is 3. The van der Waals surface area contributed by atoms with Gasteiger partial charge < -0.3 is 4.90 Å². The number of hydrogen-bond donors (Lipinski definition) is 0. The summed E-state index contributed by atoms with van der Waals surface area (Å²) in [5.41, 5.74) is 3.62. The van der Waals surface area contributed by atoms with Crippen LogP contribution < -0.4 is 4.90 Å². The lowest BCUT2D eigenvalue weighted by molar-refractivity contribution is -0.384. The molecule has 1 aliphatic rings. The highest BCUT2D eigenvalue weighted by atomic mass is 16.6. The zero-order valence-electron chi connectivity index (χ0n) is 18.4. The van der Waals surface area contributed by atoms with Crippen LogP contribution >= 0.6 is 0 Å². The molecule has 0 aromatic heterocycles. The normalized spacial score (nSPS) is 13.6. The summed E-state index contributed by atoms with van der Waals surface area (Å²) in [7, 11) is 0. The van der Waals surface area contributed by atoms with E-state index in [9.17, 15) is 19.7 Å². The van der Waals surface area contributed by atoms with E-state index in [1.165, 1.54) is 29.2 Å². The smallest absolute Gasteiger partial charge is 0.278 e. The fourth-order valence-corrected chi connectivity index (χ4v) is 3.92. The fraction of sp³-hybridized carbons (Fsp3) is 0.154. The molecule has 0 saturated heterocycles. The molecular weight excluding hydrogens is 418 g/mol. The van der Waals surface area contributed by atoms with Gasteiger partial charge in [-0.05, 0) is 49.2 Å². The third-order valence-electron chi connectivity index (χ3n) is 5.63. The maximum Gasteiger partial charge on any atom is 0.278 e. The number of amides is 2. The van der Waals surface area contributed by atoms with Gasteiger partial charge in [-0.25, -0.2) is 0 Å². The second kappa shape index (κ2) is 9.08. The summed E-state index contributed by atoms with van der Waals surface area (Å²) in [6.45, 7) is 4.49. The second-order valence-electron chi connectivity index (χ2n) is 7.79. The van der Waals surface area contributed by atoms with Gasteiger partial charge in [0.05, 0.1) is 17.0 Å². The molecule has 7 heteroatoms. The van der Waals surface area contributed by atoms with Crippen LogP contribution in [0, 0.1) is 17.0 Å². The molecule has 0 atom stereocenters. The monoisotopic (exact) mass is 441 g/mol. The van der Waals surface area contributed by atoms with Crippen LogP contribution in [0.25, 0.3) is 5.57 Å². The zero-order chi connectivity index (χ0) is 23.5. The minimum Gasteiger partial charge on any atom is -0.337 e. The first-order valence-electron chi connectivity index (χ1n) is 10.6. The highest BCUT2D eigenvalue weighted by Crippen LogP contribution is 2.35. The van der Waals surface area contributed by atoms with E-state index in [2.05, 4.69) is 0 Å². The number of rotatable bonds is 7. The molecule has 0 fully saturated rings. The van der Waals surface area contributed by atoms with Crippen LogP contribution in [0.5, 0.6) is 0 Å². The molecule has 0 unspecified atom stereocenters. The van der Waals surface area contributed by atoms with Gasteiger partial charge in [0.1, 0.15) is 5.70 Å². The summed E-state index contributed by atoms with van der Waals surface area (Å²) in [6, 6.07) is 22.8. The lowest BCUT2D eigenvalue weighted by Crippen LogP contribution is -2.34. The van der Waals surface area contributed by atoms with Crippen molar-refractivity contribution in [3.05, 3.63) is 111 Å². The predicted octanol–water partition coefficient (Wildman–Crippen LogP) is 4.71. The summed E-state index contributed by atoms with van der Waals surface area (Å²) in [5, 5.41) is 11.1. The molecule has 3 aromatic carbocycles. The number of non-ortho nitro benzene ring substituents is 1. The van der Waals surface area contributed by atoms with Crippen molar-refractivity contribution in [1.29, 1.82) is 0 Å². The molecule has 0 N–H and O–H groups in total. The molecule has 0 radical (unpaired) electrons. The molecule has 2 amide bonds. The Kier molecular flexibility index (Phi) is 6.04. The summed E-state index contributed by atoms with van der Waals surface area (Å²) in [4.78, 5) is 40.8. The van der Waals surface area contributed by atoms with E-state index < -0.39 is 10.8 Å². The van der Waals surface area contributed by atoms with Crippen molar-refractivity contribution >= 4 is 28.8 Å². The first-order chi connectivity index (χ1) is 15.9. The van der Waals surface area contributed by atoms with Gasteiger partial charge in [0.15, 0.2) is 0 Å². The van der Waals surface area contributed by atoms with Crippen molar-refractivity contribution in [2.24, 2.45) is 0 Å².